The van der Waals surface area contributed by atoms with Gasteiger partial charge in [0, 0.05) is 62.4 Å². The highest BCUT2D eigenvalue weighted by Crippen LogP contribution is 2.24. The van der Waals surface area contributed by atoms with Gasteiger partial charge in [-0.25, -0.2) is 0 Å². The largest absolute Gasteiger partial charge is 0.369 e. The van der Waals surface area contributed by atoms with Gasteiger partial charge in [0.15, 0.2) is 0 Å². The molecule has 5 rings (SSSR count). The maximum Gasteiger partial charge on any atom is 0.270 e. The van der Waals surface area contributed by atoms with Crippen molar-refractivity contribution in [2.45, 2.75) is 26.3 Å². The zero-order valence-corrected chi connectivity index (χ0v) is 18.5. The number of rotatable bonds is 6. The summed E-state index contributed by atoms with van der Waals surface area (Å²) in [6, 6.07) is 19.2. The first-order valence-corrected chi connectivity index (χ1v) is 11.6. The molecule has 1 amide bonds. The van der Waals surface area contributed by atoms with Gasteiger partial charge in [-0.1, -0.05) is 30.3 Å². The lowest BCUT2D eigenvalue weighted by Crippen LogP contribution is -2.46. The lowest BCUT2D eigenvalue weighted by molar-refractivity contribution is 0.0702. The predicted octanol–water partition coefficient (Wildman–Crippen LogP) is 4.01. The first-order valence-electron chi connectivity index (χ1n) is 11.6. The van der Waals surface area contributed by atoms with Crippen LogP contribution < -0.4 is 4.90 Å². The van der Waals surface area contributed by atoms with Crippen molar-refractivity contribution in [1.82, 2.24) is 14.4 Å². The van der Waals surface area contributed by atoms with E-state index in [1.54, 1.807) is 0 Å². The first kappa shape index (κ1) is 20.1. The van der Waals surface area contributed by atoms with Gasteiger partial charge in [0.2, 0.25) is 0 Å². The Bertz CT molecular complexity index is 1060. The summed E-state index contributed by atoms with van der Waals surface area (Å²) in [7, 11) is 0. The lowest BCUT2D eigenvalue weighted by atomic mass is 10.2. The number of piperazine rings is 1. The van der Waals surface area contributed by atoms with Gasteiger partial charge in [0.05, 0.1) is 0 Å². The fourth-order valence-electron chi connectivity index (χ4n) is 5.02. The number of benzene rings is 2. The van der Waals surface area contributed by atoms with Gasteiger partial charge in [0.1, 0.15) is 5.69 Å². The van der Waals surface area contributed by atoms with Gasteiger partial charge in [-0.05, 0) is 56.1 Å². The summed E-state index contributed by atoms with van der Waals surface area (Å²) in [5.74, 6) is 0.189. The van der Waals surface area contributed by atoms with E-state index < -0.39 is 0 Å². The molecule has 1 aromatic heterocycles. The van der Waals surface area contributed by atoms with Crippen molar-refractivity contribution in [1.29, 1.82) is 0 Å². The van der Waals surface area contributed by atoms with Gasteiger partial charge in [-0.2, -0.15) is 0 Å². The Morgan fingerprint density at radius 3 is 2.45 bits per heavy atom. The molecule has 1 fully saturated rings. The molecule has 0 atom stereocenters. The van der Waals surface area contributed by atoms with Crippen molar-refractivity contribution in [3.63, 3.8) is 0 Å². The van der Waals surface area contributed by atoms with Gasteiger partial charge >= 0.3 is 0 Å². The number of fused-ring (bicyclic) bond motifs is 3. The van der Waals surface area contributed by atoms with Crippen molar-refractivity contribution in [2.75, 3.05) is 50.7 Å². The normalized spacial score (nSPS) is 17.4. The van der Waals surface area contributed by atoms with Gasteiger partial charge in [-0.15, -0.1) is 0 Å². The minimum atomic E-state index is 0.189. The average Bonchev–Trinajstić information content (AvgIpc) is 3.18. The summed E-state index contributed by atoms with van der Waals surface area (Å²) in [5.41, 5.74) is 4.70. The topological polar surface area (TPSA) is 31.7 Å². The molecule has 0 radical (unpaired) electrons. The third kappa shape index (κ3) is 4.19. The van der Waals surface area contributed by atoms with Gasteiger partial charge in [-0.3, -0.25) is 9.69 Å². The number of para-hydroxylation sites is 1. The lowest BCUT2D eigenvalue weighted by Gasteiger charge is -2.36. The SMILES string of the molecule is Cc1cccc(N2CCN(CCCCN3CCn4c(cc5ccccc54)C3=O)CC2)c1. The third-order valence-corrected chi connectivity index (χ3v) is 6.80. The minimum absolute atomic E-state index is 0.189. The van der Waals surface area contributed by atoms with Crippen molar-refractivity contribution in [3.8, 4) is 0 Å². The summed E-state index contributed by atoms with van der Waals surface area (Å²) in [5, 5.41) is 1.16. The summed E-state index contributed by atoms with van der Waals surface area (Å²) in [6.07, 6.45) is 2.22. The molecular formula is C26H32N4O. The van der Waals surface area contributed by atoms with E-state index in [9.17, 15) is 4.79 Å². The number of hydrogen-bond acceptors (Lipinski definition) is 3. The molecule has 0 saturated carbocycles. The Labute approximate surface area is 184 Å². The second-order valence-corrected chi connectivity index (χ2v) is 8.91. The van der Waals surface area contributed by atoms with Crippen LogP contribution in [-0.4, -0.2) is 66.1 Å². The van der Waals surface area contributed by atoms with Crippen molar-refractivity contribution >= 4 is 22.5 Å². The van der Waals surface area contributed by atoms with Crippen LogP contribution >= 0.6 is 0 Å². The molecule has 0 spiro atoms. The van der Waals surface area contributed by atoms with Crippen LogP contribution in [0.1, 0.15) is 28.9 Å². The Balaban J connectivity index is 1.07. The molecule has 0 bridgehead atoms. The van der Waals surface area contributed by atoms with Crippen LogP contribution in [0.2, 0.25) is 0 Å². The molecule has 0 N–H and O–H groups in total. The highest BCUT2D eigenvalue weighted by atomic mass is 16.2. The maximum absolute atomic E-state index is 13.0. The van der Waals surface area contributed by atoms with Crippen LogP contribution in [0, 0.1) is 6.92 Å². The molecule has 2 aromatic carbocycles. The zero-order valence-electron chi connectivity index (χ0n) is 18.5. The van der Waals surface area contributed by atoms with E-state index in [1.807, 2.05) is 17.0 Å². The molecule has 0 aliphatic carbocycles. The quantitative estimate of drug-likeness (QED) is 0.569. The fraction of sp³-hybridized carbons (Fsp3) is 0.423. The van der Waals surface area contributed by atoms with E-state index >= 15 is 0 Å². The fourth-order valence-corrected chi connectivity index (χ4v) is 5.02. The highest BCUT2D eigenvalue weighted by molar-refractivity contribution is 5.99. The van der Waals surface area contributed by atoms with Crippen LogP contribution in [0.15, 0.2) is 54.6 Å². The monoisotopic (exact) mass is 416 g/mol. The summed E-state index contributed by atoms with van der Waals surface area (Å²) < 4.78 is 2.18. The Hall–Kier alpha value is -2.79. The third-order valence-electron chi connectivity index (χ3n) is 6.80. The summed E-state index contributed by atoms with van der Waals surface area (Å²) >= 11 is 0. The second kappa shape index (κ2) is 8.75. The number of carbonyl (C=O) groups is 1. The number of aryl methyl sites for hydroxylation is 1. The van der Waals surface area contributed by atoms with Crippen LogP contribution in [-0.2, 0) is 6.54 Å². The molecule has 3 aromatic rings. The molecule has 2 aliphatic rings. The molecule has 2 aliphatic heterocycles. The highest BCUT2D eigenvalue weighted by Gasteiger charge is 2.25. The van der Waals surface area contributed by atoms with E-state index in [2.05, 4.69) is 63.8 Å². The minimum Gasteiger partial charge on any atom is -0.369 e. The number of hydrogen-bond donors (Lipinski definition) is 0. The van der Waals surface area contributed by atoms with Crippen LogP contribution in [0.5, 0.6) is 0 Å². The number of carbonyl (C=O) groups excluding carboxylic acids is 1. The molecule has 1 saturated heterocycles. The average molecular weight is 417 g/mol. The number of anilines is 1. The van der Waals surface area contributed by atoms with Crippen LogP contribution in [0.4, 0.5) is 5.69 Å². The van der Waals surface area contributed by atoms with E-state index in [-0.39, 0.29) is 5.91 Å². The standard InChI is InChI=1S/C26H32N4O/c1-21-7-6-9-23(19-21)28-15-13-27(14-16-28)11-4-5-12-29-17-18-30-24-10-3-2-8-22(24)20-25(30)26(29)31/h2-3,6-10,19-20H,4-5,11-18H2,1H3. The molecule has 0 unspecified atom stereocenters. The predicted molar refractivity (Wildman–Crippen MR) is 127 cm³/mol. The van der Waals surface area contributed by atoms with Gasteiger partial charge in [0.25, 0.3) is 5.91 Å². The van der Waals surface area contributed by atoms with Crippen LogP contribution in [0.25, 0.3) is 10.9 Å². The first-order chi connectivity index (χ1) is 15.2. The molecule has 5 nitrogen and oxygen atoms in total. The van der Waals surface area contributed by atoms with Crippen molar-refractivity contribution in [2.24, 2.45) is 0 Å². The van der Waals surface area contributed by atoms with Crippen molar-refractivity contribution in [3.05, 3.63) is 65.9 Å². The zero-order chi connectivity index (χ0) is 21.2. The molecular weight excluding hydrogens is 384 g/mol. The Morgan fingerprint density at radius 1 is 0.806 bits per heavy atom. The second-order valence-electron chi connectivity index (χ2n) is 8.91. The molecule has 162 valence electrons. The van der Waals surface area contributed by atoms with E-state index in [0.717, 1.165) is 76.3 Å². The molecule has 31 heavy (non-hydrogen) atoms. The number of unbranched alkanes of at least 4 members (excludes halogenated alkanes) is 1. The molecule has 3 heterocycles. The van der Waals surface area contributed by atoms with Crippen molar-refractivity contribution < 1.29 is 4.79 Å². The van der Waals surface area contributed by atoms with E-state index in [1.165, 1.54) is 16.8 Å². The summed E-state index contributed by atoms with van der Waals surface area (Å²) in [4.78, 5) is 20.1. The Kier molecular flexibility index (Phi) is 5.68. The van der Waals surface area contributed by atoms with E-state index in [0.29, 0.717) is 0 Å². The summed E-state index contributed by atoms with van der Waals surface area (Å²) in [6.45, 7) is 10.3. The maximum atomic E-state index is 13.0. The number of aromatic nitrogens is 1. The van der Waals surface area contributed by atoms with E-state index in [4.69, 9.17) is 0 Å². The smallest absolute Gasteiger partial charge is 0.270 e. The number of amides is 1. The van der Waals surface area contributed by atoms with Gasteiger partial charge < -0.3 is 14.4 Å². The Morgan fingerprint density at radius 2 is 1.61 bits per heavy atom. The number of nitrogens with zero attached hydrogens (tertiary/aromatic N) is 4. The molecule has 5 heteroatoms. The van der Waals surface area contributed by atoms with Crippen LogP contribution in [0.3, 0.4) is 0 Å².